The van der Waals surface area contributed by atoms with Crippen LogP contribution in [-0.2, 0) is 38.5 Å². The van der Waals surface area contributed by atoms with E-state index in [1.54, 1.807) is 0 Å². The molecule has 72 heavy (non-hydrogen) atoms. The average Bonchev–Trinajstić information content (AvgIpc) is 4.08. The molecule has 3 aromatic heterocycles. The molecular formula is C64H62N8. The van der Waals surface area contributed by atoms with Gasteiger partial charge in [0.05, 0.1) is 33.8 Å². The minimum absolute atomic E-state index is 0.0359. The molecule has 9 heterocycles. The molecule has 0 atom stereocenters. The van der Waals surface area contributed by atoms with Gasteiger partial charge >= 0.3 is 0 Å². The van der Waals surface area contributed by atoms with E-state index in [-0.39, 0.29) is 11.1 Å². The van der Waals surface area contributed by atoms with Crippen LogP contribution in [0, 0.1) is 59.2 Å². The van der Waals surface area contributed by atoms with Gasteiger partial charge in [-0.3, -0.25) is 0 Å². The maximum atomic E-state index is 10.3. The number of nitriles is 4. The first-order chi connectivity index (χ1) is 35.0. The van der Waals surface area contributed by atoms with E-state index in [0.29, 0.717) is 23.3 Å². The maximum Gasteiger partial charge on any atom is 0.137 e. The quantitative estimate of drug-likeness (QED) is 0.179. The monoisotopic (exact) mass is 943 g/mol. The van der Waals surface area contributed by atoms with Crippen LogP contribution < -0.4 is 10.4 Å². The molecule has 8 heteroatoms. The predicted molar refractivity (Wildman–Crippen MR) is 294 cm³/mol. The summed E-state index contributed by atoms with van der Waals surface area (Å²) in [7, 11) is 0. The number of benzene rings is 3. The number of H-pyrrole nitrogens is 2. The largest absolute Gasteiger partial charge is 0.354 e. The molecule has 358 valence electrons. The fraction of sp³-hybridized carbons (Fsp3) is 0.312. The molecule has 0 amide bonds. The van der Waals surface area contributed by atoms with Gasteiger partial charge < -0.3 is 9.97 Å². The summed E-state index contributed by atoms with van der Waals surface area (Å²) in [5.74, 6) is 0. The average molecular weight is 943 g/mol. The van der Waals surface area contributed by atoms with E-state index in [1.165, 1.54) is 44.5 Å². The van der Waals surface area contributed by atoms with Crippen molar-refractivity contribution in [3.63, 3.8) is 0 Å². The van der Waals surface area contributed by atoms with Crippen LogP contribution in [0.15, 0.2) is 72.8 Å². The Labute approximate surface area is 424 Å². The molecule has 6 aromatic rings. The Morgan fingerprint density at radius 2 is 0.861 bits per heavy atom. The Morgan fingerprint density at radius 3 is 1.24 bits per heavy atom. The van der Waals surface area contributed by atoms with Gasteiger partial charge in [-0.25, -0.2) is 9.97 Å². The van der Waals surface area contributed by atoms with Crippen LogP contribution in [0.4, 0.5) is 0 Å². The van der Waals surface area contributed by atoms with Crippen molar-refractivity contribution in [3.05, 3.63) is 151 Å². The molecule has 0 saturated heterocycles. The minimum Gasteiger partial charge on any atom is -0.354 e. The molecule has 12 rings (SSSR count). The van der Waals surface area contributed by atoms with Gasteiger partial charge in [0.25, 0.3) is 0 Å². The number of aromatic nitrogens is 4. The van der Waals surface area contributed by atoms with E-state index in [9.17, 15) is 21.0 Å². The van der Waals surface area contributed by atoms with Crippen molar-refractivity contribution in [3.8, 4) is 46.5 Å². The molecule has 0 radical (unpaired) electrons. The molecule has 8 nitrogen and oxygen atoms in total. The molecule has 0 aliphatic carbocycles. The Kier molecular flexibility index (Phi) is 14.1. The third kappa shape index (κ3) is 8.56. The van der Waals surface area contributed by atoms with E-state index < -0.39 is 0 Å². The summed E-state index contributed by atoms with van der Waals surface area (Å²) in [6.45, 7) is 17.9. The van der Waals surface area contributed by atoms with Crippen LogP contribution in [0.3, 0.4) is 0 Å². The van der Waals surface area contributed by atoms with Crippen molar-refractivity contribution < 1.29 is 0 Å². The lowest BCUT2D eigenvalue weighted by molar-refractivity contribution is 0.725. The molecule has 12 bridgehead atoms. The van der Waals surface area contributed by atoms with Gasteiger partial charge in [0.15, 0.2) is 0 Å². The van der Waals surface area contributed by atoms with Crippen molar-refractivity contribution in [1.82, 2.24) is 19.9 Å². The molecule has 0 saturated carbocycles. The second-order valence-electron chi connectivity index (χ2n) is 19.5. The van der Waals surface area contributed by atoms with Crippen molar-refractivity contribution >= 4 is 55.5 Å². The molecule has 6 aliphatic rings. The highest BCUT2D eigenvalue weighted by molar-refractivity contribution is 6.04. The smallest absolute Gasteiger partial charge is 0.137 e. The van der Waals surface area contributed by atoms with E-state index in [2.05, 4.69) is 150 Å². The number of rotatable bonds is 4. The fourth-order valence-electron chi connectivity index (χ4n) is 11.9. The summed E-state index contributed by atoms with van der Waals surface area (Å²) < 4.78 is 0. The van der Waals surface area contributed by atoms with E-state index >= 15 is 0 Å². The molecular weight excluding hydrogens is 881 g/mol. The topological polar surface area (TPSA) is 153 Å². The summed E-state index contributed by atoms with van der Waals surface area (Å²) in [4.78, 5) is 19.5. The van der Waals surface area contributed by atoms with E-state index in [1.807, 2.05) is 12.1 Å². The standard InChI is InChI=1S/C64H62N8/c1-9-47-37(5)61-59-51-27-19-17-23-41(51)21-13-15-25-43-29-54(46(35-67)36-68)44(30-53(43)45(33-65)34-66)26-16-14-22-42-24-18-20-28-52(42)60(63-38(6)48(10-2)56(70-63)31-55(47)69-61)64-40(8)50(12-4)58(72-64)32-57-49(11-3)39(7)62(59)71-57/h17-20,23-24,27-32,69,71H,9-16,21-22,25-26H2,1-8H3. The van der Waals surface area contributed by atoms with Gasteiger partial charge in [-0.2, -0.15) is 21.0 Å². The van der Waals surface area contributed by atoms with Gasteiger partial charge in [0.2, 0.25) is 0 Å². The summed E-state index contributed by atoms with van der Waals surface area (Å²) in [5, 5.41) is 42.2. The SMILES string of the molecule is CCC1=C(C)c2nc1cc1[nH]c(c(C)c1CC)c1c3[nH]c(cc4nc(c2-c2ccccc2CCCCc2cc(=C(C#N)C#N)c(cc2=C(C#N)C#N)CCCCc2ccccc2-1)C(C)=C4CC)c(CC)c3C. The first-order valence-electron chi connectivity index (χ1n) is 25.9. The first kappa shape index (κ1) is 49.0. The number of aryl methyl sites for hydroxylation is 8. The van der Waals surface area contributed by atoms with Crippen LogP contribution in [0.5, 0.6) is 0 Å². The normalized spacial score (nSPS) is 13.7. The zero-order valence-electron chi connectivity index (χ0n) is 43.1. The van der Waals surface area contributed by atoms with Crippen LogP contribution in [0.25, 0.3) is 77.8 Å². The van der Waals surface area contributed by atoms with Gasteiger partial charge in [-0.1, -0.05) is 76.2 Å². The molecule has 6 aliphatic heterocycles. The maximum absolute atomic E-state index is 10.3. The summed E-state index contributed by atoms with van der Waals surface area (Å²) in [6.07, 6.45) is 9.14. The summed E-state index contributed by atoms with van der Waals surface area (Å²) in [6, 6.07) is 34.5. The van der Waals surface area contributed by atoms with Crippen molar-refractivity contribution in [2.45, 2.75) is 132 Å². The van der Waals surface area contributed by atoms with E-state index in [4.69, 9.17) is 9.97 Å². The highest BCUT2D eigenvalue weighted by atomic mass is 14.8. The predicted octanol–water partition coefficient (Wildman–Crippen LogP) is 13.9. The highest BCUT2D eigenvalue weighted by Gasteiger charge is 2.28. The Bertz CT molecular complexity index is 3630. The second kappa shape index (κ2) is 20.7. The third-order valence-electron chi connectivity index (χ3n) is 15.6. The number of aromatic amines is 2. The lowest BCUT2D eigenvalue weighted by Gasteiger charge is -2.15. The third-order valence-corrected chi connectivity index (χ3v) is 15.6. The lowest BCUT2D eigenvalue weighted by atomic mass is 9.89. The Hall–Kier alpha value is -8.04. The molecule has 2 N–H and O–H groups in total. The molecule has 0 spiro atoms. The molecule has 0 fully saturated rings. The lowest BCUT2D eigenvalue weighted by Crippen LogP contribution is -2.23. The zero-order chi connectivity index (χ0) is 50.8. The Morgan fingerprint density at radius 1 is 0.486 bits per heavy atom. The summed E-state index contributed by atoms with van der Waals surface area (Å²) >= 11 is 0. The molecule has 3 aromatic carbocycles. The number of nitrogens with one attached hydrogen (secondary N) is 2. The molecule has 0 unspecified atom stereocenters. The van der Waals surface area contributed by atoms with Gasteiger partial charge in [0.1, 0.15) is 35.4 Å². The van der Waals surface area contributed by atoms with E-state index in [0.717, 1.165) is 154 Å². The Balaban J connectivity index is 1.45. The minimum atomic E-state index is 0.0359. The fourth-order valence-corrected chi connectivity index (χ4v) is 11.9. The van der Waals surface area contributed by atoms with Crippen LogP contribution in [0.1, 0.15) is 147 Å². The van der Waals surface area contributed by atoms with Crippen LogP contribution in [-0.4, -0.2) is 19.9 Å². The number of hydrogen-bond donors (Lipinski definition) is 2. The van der Waals surface area contributed by atoms with Crippen molar-refractivity contribution in [1.29, 1.82) is 21.0 Å². The van der Waals surface area contributed by atoms with Gasteiger partial charge in [-0.05, 0) is 207 Å². The first-order valence-corrected chi connectivity index (χ1v) is 25.9. The highest BCUT2D eigenvalue weighted by Crippen LogP contribution is 2.45. The second-order valence-corrected chi connectivity index (χ2v) is 19.5. The van der Waals surface area contributed by atoms with Gasteiger partial charge in [0, 0.05) is 32.6 Å². The van der Waals surface area contributed by atoms with Crippen molar-refractivity contribution in [2.24, 2.45) is 0 Å². The van der Waals surface area contributed by atoms with Crippen LogP contribution in [0.2, 0.25) is 0 Å². The van der Waals surface area contributed by atoms with Crippen molar-refractivity contribution in [2.75, 3.05) is 0 Å². The van der Waals surface area contributed by atoms with Gasteiger partial charge in [-0.15, -0.1) is 0 Å². The van der Waals surface area contributed by atoms with Crippen LogP contribution >= 0.6 is 0 Å². The number of hydrogen-bond acceptors (Lipinski definition) is 6. The number of nitrogens with zero attached hydrogens (tertiary/aromatic N) is 6. The number of allylic oxidation sites excluding steroid dienone is 4. The zero-order valence-corrected chi connectivity index (χ0v) is 43.1. The summed E-state index contributed by atoms with van der Waals surface area (Å²) in [5.41, 5.74) is 26.4.